The van der Waals surface area contributed by atoms with Crippen LogP contribution in [0.3, 0.4) is 0 Å². The lowest BCUT2D eigenvalue weighted by molar-refractivity contribution is 0.0602. The molecular formula is C19H29N3O. The standard InChI is InChI=1S/C19H29N3O/c1-3-16-6-4-5-11-22(16)19(23)18-8-7-17(14-20-18)21-12-9-15(2)10-13-21/h7-8,14-16H,3-6,9-13H2,1-2H3. The molecule has 1 aromatic rings. The van der Waals surface area contributed by atoms with Crippen molar-refractivity contribution in [1.29, 1.82) is 0 Å². The normalized spacial score (nSPS) is 23.1. The molecular weight excluding hydrogens is 286 g/mol. The van der Waals surface area contributed by atoms with Crippen LogP contribution in [-0.4, -0.2) is 41.5 Å². The van der Waals surface area contributed by atoms with Crippen LogP contribution in [0, 0.1) is 5.92 Å². The van der Waals surface area contributed by atoms with E-state index in [2.05, 4.69) is 29.8 Å². The molecule has 0 radical (unpaired) electrons. The fourth-order valence-corrected chi connectivity index (χ4v) is 3.81. The summed E-state index contributed by atoms with van der Waals surface area (Å²) >= 11 is 0. The molecule has 0 N–H and O–H groups in total. The number of carbonyl (C=O) groups is 1. The number of carbonyl (C=O) groups excluding carboxylic acids is 1. The Morgan fingerprint density at radius 3 is 2.61 bits per heavy atom. The van der Waals surface area contributed by atoms with Crippen LogP contribution in [-0.2, 0) is 0 Å². The molecule has 1 aromatic heterocycles. The van der Waals surface area contributed by atoms with Crippen molar-refractivity contribution in [3.05, 3.63) is 24.0 Å². The van der Waals surface area contributed by atoms with Crippen molar-refractivity contribution in [2.45, 2.75) is 58.4 Å². The number of hydrogen-bond acceptors (Lipinski definition) is 3. The van der Waals surface area contributed by atoms with E-state index in [-0.39, 0.29) is 5.91 Å². The Bertz CT molecular complexity index is 520. The van der Waals surface area contributed by atoms with Gasteiger partial charge in [0.1, 0.15) is 5.69 Å². The van der Waals surface area contributed by atoms with E-state index in [0.717, 1.165) is 50.5 Å². The van der Waals surface area contributed by atoms with Crippen LogP contribution >= 0.6 is 0 Å². The maximum absolute atomic E-state index is 12.7. The Morgan fingerprint density at radius 2 is 1.96 bits per heavy atom. The quantitative estimate of drug-likeness (QED) is 0.853. The molecule has 0 aromatic carbocycles. The fourth-order valence-electron chi connectivity index (χ4n) is 3.81. The summed E-state index contributed by atoms with van der Waals surface area (Å²) < 4.78 is 0. The molecule has 23 heavy (non-hydrogen) atoms. The van der Waals surface area contributed by atoms with Crippen LogP contribution in [0.15, 0.2) is 18.3 Å². The van der Waals surface area contributed by atoms with Crippen molar-refractivity contribution in [1.82, 2.24) is 9.88 Å². The van der Waals surface area contributed by atoms with Gasteiger partial charge in [-0.2, -0.15) is 0 Å². The molecule has 1 amide bonds. The Balaban J connectivity index is 1.67. The van der Waals surface area contributed by atoms with Crippen LogP contribution in [0.25, 0.3) is 0 Å². The molecule has 3 rings (SSSR count). The van der Waals surface area contributed by atoms with Crippen LogP contribution in [0.5, 0.6) is 0 Å². The summed E-state index contributed by atoms with van der Waals surface area (Å²) in [6, 6.07) is 4.37. The number of piperidine rings is 2. The van der Waals surface area contributed by atoms with E-state index < -0.39 is 0 Å². The van der Waals surface area contributed by atoms with Crippen LogP contribution in [0.2, 0.25) is 0 Å². The van der Waals surface area contributed by atoms with Crippen molar-refractivity contribution >= 4 is 11.6 Å². The summed E-state index contributed by atoms with van der Waals surface area (Å²) in [5.41, 5.74) is 1.75. The first-order valence-corrected chi connectivity index (χ1v) is 9.21. The number of likely N-dealkylation sites (tertiary alicyclic amines) is 1. The molecule has 126 valence electrons. The summed E-state index contributed by atoms with van der Waals surface area (Å²) in [4.78, 5) is 21.7. The Hall–Kier alpha value is -1.58. The average molecular weight is 315 g/mol. The largest absolute Gasteiger partial charge is 0.370 e. The van der Waals surface area contributed by atoms with Gasteiger partial charge in [-0.1, -0.05) is 13.8 Å². The van der Waals surface area contributed by atoms with E-state index in [1.54, 1.807) is 0 Å². The van der Waals surface area contributed by atoms with E-state index in [4.69, 9.17) is 0 Å². The van der Waals surface area contributed by atoms with Gasteiger partial charge in [-0.05, 0) is 56.6 Å². The molecule has 2 aliphatic rings. The van der Waals surface area contributed by atoms with Gasteiger partial charge in [0.05, 0.1) is 11.9 Å². The Labute approximate surface area is 139 Å². The molecule has 2 fully saturated rings. The van der Waals surface area contributed by atoms with E-state index in [1.165, 1.54) is 19.3 Å². The van der Waals surface area contributed by atoms with Gasteiger partial charge in [0, 0.05) is 25.7 Å². The smallest absolute Gasteiger partial charge is 0.272 e. The first-order chi connectivity index (χ1) is 11.2. The molecule has 4 nitrogen and oxygen atoms in total. The van der Waals surface area contributed by atoms with Gasteiger partial charge < -0.3 is 9.80 Å². The summed E-state index contributed by atoms with van der Waals surface area (Å²) in [7, 11) is 0. The first-order valence-electron chi connectivity index (χ1n) is 9.21. The van der Waals surface area contributed by atoms with Crippen LogP contribution in [0.4, 0.5) is 5.69 Å². The Morgan fingerprint density at radius 1 is 1.17 bits per heavy atom. The van der Waals surface area contributed by atoms with E-state index >= 15 is 0 Å². The molecule has 0 bridgehead atoms. The molecule has 1 atom stereocenters. The van der Waals surface area contributed by atoms with Crippen molar-refractivity contribution in [2.24, 2.45) is 5.92 Å². The minimum atomic E-state index is 0.107. The number of amides is 1. The van der Waals surface area contributed by atoms with E-state index in [0.29, 0.717) is 11.7 Å². The summed E-state index contributed by atoms with van der Waals surface area (Å²) in [5.74, 6) is 0.931. The molecule has 0 aliphatic carbocycles. The average Bonchev–Trinajstić information content (AvgIpc) is 2.62. The van der Waals surface area contributed by atoms with Crippen molar-refractivity contribution in [3.8, 4) is 0 Å². The maximum Gasteiger partial charge on any atom is 0.272 e. The molecule has 2 saturated heterocycles. The van der Waals surface area contributed by atoms with Crippen molar-refractivity contribution < 1.29 is 4.79 Å². The molecule has 0 saturated carbocycles. The highest BCUT2D eigenvalue weighted by Gasteiger charge is 2.27. The highest BCUT2D eigenvalue weighted by Crippen LogP contribution is 2.24. The zero-order valence-electron chi connectivity index (χ0n) is 14.5. The second-order valence-corrected chi connectivity index (χ2v) is 7.13. The SMILES string of the molecule is CCC1CCCCN1C(=O)c1ccc(N2CCC(C)CC2)cn1. The summed E-state index contributed by atoms with van der Waals surface area (Å²) in [6.45, 7) is 7.56. The van der Waals surface area contributed by atoms with Gasteiger partial charge in [-0.3, -0.25) is 4.79 Å². The Kier molecular flexibility index (Phi) is 5.19. The molecule has 0 spiro atoms. The van der Waals surface area contributed by atoms with E-state index in [1.807, 2.05) is 17.2 Å². The van der Waals surface area contributed by atoms with Crippen LogP contribution < -0.4 is 4.90 Å². The van der Waals surface area contributed by atoms with E-state index in [9.17, 15) is 4.79 Å². The van der Waals surface area contributed by atoms with Gasteiger partial charge in [0.2, 0.25) is 0 Å². The zero-order chi connectivity index (χ0) is 16.2. The number of anilines is 1. The number of hydrogen-bond donors (Lipinski definition) is 0. The zero-order valence-corrected chi connectivity index (χ0v) is 14.5. The van der Waals surface area contributed by atoms with Crippen molar-refractivity contribution in [3.63, 3.8) is 0 Å². The lowest BCUT2D eigenvalue weighted by Gasteiger charge is -2.35. The summed E-state index contributed by atoms with van der Waals surface area (Å²) in [6.07, 6.45) is 8.89. The van der Waals surface area contributed by atoms with Gasteiger partial charge in [0.15, 0.2) is 0 Å². The number of aromatic nitrogens is 1. The maximum atomic E-state index is 12.7. The first kappa shape index (κ1) is 16.3. The van der Waals surface area contributed by atoms with Gasteiger partial charge in [-0.25, -0.2) is 4.98 Å². The lowest BCUT2D eigenvalue weighted by Crippen LogP contribution is -2.43. The summed E-state index contributed by atoms with van der Waals surface area (Å²) in [5, 5.41) is 0. The minimum absolute atomic E-state index is 0.107. The third-order valence-corrected chi connectivity index (χ3v) is 5.48. The number of pyridine rings is 1. The molecule has 3 heterocycles. The second kappa shape index (κ2) is 7.33. The molecule has 4 heteroatoms. The number of nitrogens with zero attached hydrogens (tertiary/aromatic N) is 3. The fraction of sp³-hybridized carbons (Fsp3) is 0.684. The molecule has 1 unspecified atom stereocenters. The monoisotopic (exact) mass is 315 g/mol. The predicted octanol–water partition coefficient (Wildman–Crippen LogP) is 3.72. The predicted molar refractivity (Wildman–Crippen MR) is 93.8 cm³/mol. The third-order valence-electron chi connectivity index (χ3n) is 5.48. The van der Waals surface area contributed by atoms with Gasteiger partial charge >= 0.3 is 0 Å². The highest BCUT2D eigenvalue weighted by atomic mass is 16.2. The topological polar surface area (TPSA) is 36.4 Å². The third kappa shape index (κ3) is 3.67. The minimum Gasteiger partial charge on any atom is -0.370 e. The van der Waals surface area contributed by atoms with Gasteiger partial charge in [-0.15, -0.1) is 0 Å². The second-order valence-electron chi connectivity index (χ2n) is 7.13. The van der Waals surface area contributed by atoms with Crippen LogP contribution in [0.1, 0.15) is 62.9 Å². The molecule has 2 aliphatic heterocycles. The van der Waals surface area contributed by atoms with Gasteiger partial charge in [0.25, 0.3) is 5.91 Å². The highest BCUT2D eigenvalue weighted by molar-refractivity contribution is 5.92. The number of rotatable bonds is 3. The van der Waals surface area contributed by atoms with Crippen molar-refractivity contribution in [2.75, 3.05) is 24.5 Å². The lowest BCUT2D eigenvalue weighted by atomic mass is 9.99.